The molecule has 100 valence electrons. The molecule has 0 aromatic rings. The van der Waals surface area contributed by atoms with Gasteiger partial charge in [0.15, 0.2) is 0 Å². The van der Waals surface area contributed by atoms with Crippen LogP contribution in [0.3, 0.4) is 0 Å². The van der Waals surface area contributed by atoms with Crippen molar-refractivity contribution in [3.63, 3.8) is 0 Å². The van der Waals surface area contributed by atoms with E-state index >= 15 is 0 Å². The van der Waals surface area contributed by atoms with Crippen LogP contribution in [0.4, 0.5) is 0 Å². The maximum absolute atomic E-state index is 8.62. The van der Waals surface area contributed by atoms with Crippen LogP contribution >= 0.6 is 0 Å². The number of nitrogens with two attached hydrogens (primary N) is 1. The third-order valence-corrected chi connectivity index (χ3v) is 2.86. The predicted molar refractivity (Wildman–Crippen MR) is 70.1 cm³/mol. The Hall–Kier alpha value is -1.10. The molecular formula is C12H25N3O2. The fourth-order valence-corrected chi connectivity index (χ4v) is 1.68. The van der Waals surface area contributed by atoms with E-state index in [1.54, 1.807) is 0 Å². The van der Waals surface area contributed by atoms with Crippen molar-refractivity contribution in [2.24, 2.45) is 16.0 Å². The van der Waals surface area contributed by atoms with E-state index in [4.69, 9.17) is 16.1 Å². The van der Waals surface area contributed by atoms with Gasteiger partial charge in [-0.15, -0.1) is 0 Å². The zero-order valence-corrected chi connectivity index (χ0v) is 10.7. The van der Waals surface area contributed by atoms with Crippen molar-refractivity contribution in [1.82, 2.24) is 0 Å². The van der Waals surface area contributed by atoms with E-state index in [-0.39, 0.29) is 0 Å². The van der Waals surface area contributed by atoms with Gasteiger partial charge in [-0.3, -0.25) is 0 Å². The zero-order chi connectivity index (χ0) is 12.9. The summed E-state index contributed by atoms with van der Waals surface area (Å²) in [5, 5.41) is 23.6. The molecule has 0 amide bonds. The Morgan fingerprint density at radius 2 is 1.35 bits per heavy atom. The third kappa shape index (κ3) is 8.68. The van der Waals surface area contributed by atoms with Crippen LogP contribution in [0.2, 0.25) is 0 Å². The van der Waals surface area contributed by atoms with Crippen molar-refractivity contribution < 1.29 is 10.4 Å². The van der Waals surface area contributed by atoms with Crippen LogP contribution in [0.15, 0.2) is 10.3 Å². The predicted octanol–water partition coefficient (Wildman–Crippen LogP) is 2.75. The molecule has 0 heterocycles. The van der Waals surface area contributed by atoms with Gasteiger partial charge in [0.05, 0.1) is 11.4 Å². The van der Waals surface area contributed by atoms with Crippen molar-refractivity contribution in [3.8, 4) is 0 Å². The molecule has 0 aromatic carbocycles. The van der Waals surface area contributed by atoms with Crippen molar-refractivity contribution in [3.05, 3.63) is 0 Å². The number of oxime groups is 2. The van der Waals surface area contributed by atoms with Crippen LogP contribution in [0.5, 0.6) is 0 Å². The maximum Gasteiger partial charge on any atom is 0.0706 e. The smallest absolute Gasteiger partial charge is 0.0706 e. The largest absolute Gasteiger partial charge is 0.411 e. The topological polar surface area (TPSA) is 91.2 Å². The molecule has 0 radical (unpaired) electrons. The minimum atomic E-state index is 0.337. The van der Waals surface area contributed by atoms with Crippen LogP contribution in [-0.4, -0.2) is 28.4 Å². The Morgan fingerprint density at radius 1 is 0.882 bits per heavy atom. The minimum Gasteiger partial charge on any atom is -0.411 e. The lowest BCUT2D eigenvalue weighted by Gasteiger charge is -2.03. The molecule has 4 N–H and O–H groups in total. The van der Waals surface area contributed by atoms with Gasteiger partial charge in [-0.1, -0.05) is 36.5 Å². The first-order valence-electron chi connectivity index (χ1n) is 6.38. The average Bonchev–Trinajstić information content (AvgIpc) is 2.37. The van der Waals surface area contributed by atoms with Crippen LogP contribution < -0.4 is 5.73 Å². The van der Waals surface area contributed by atoms with Crippen molar-refractivity contribution in [2.75, 3.05) is 6.54 Å². The van der Waals surface area contributed by atoms with E-state index in [1.165, 1.54) is 0 Å². The molecular weight excluding hydrogens is 218 g/mol. The lowest BCUT2D eigenvalue weighted by molar-refractivity contribution is 0.316. The maximum atomic E-state index is 8.62. The Bertz CT molecular complexity index is 216. The van der Waals surface area contributed by atoms with Gasteiger partial charge in [0.25, 0.3) is 0 Å². The van der Waals surface area contributed by atoms with Crippen molar-refractivity contribution in [1.29, 1.82) is 0 Å². The first-order valence-corrected chi connectivity index (χ1v) is 6.38. The quantitative estimate of drug-likeness (QED) is 0.238. The summed E-state index contributed by atoms with van der Waals surface area (Å²) < 4.78 is 0. The molecule has 0 saturated carbocycles. The normalized spacial score (nSPS) is 13.1. The molecule has 0 aliphatic heterocycles. The Kier molecular flexibility index (Phi) is 10.7. The van der Waals surface area contributed by atoms with Gasteiger partial charge in [0, 0.05) is 6.54 Å². The number of rotatable bonds is 10. The highest BCUT2D eigenvalue weighted by Gasteiger charge is 1.99. The Balaban J connectivity index is 3.35. The van der Waals surface area contributed by atoms with Gasteiger partial charge in [0.1, 0.15) is 0 Å². The second kappa shape index (κ2) is 11.4. The van der Waals surface area contributed by atoms with E-state index in [0.29, 0.717) is 12.3 Å². The summed E-state index contributed by atoms with van der Waals surface area (Å²) >= 11 is 0. The average molecular weight is 243 g/mol. The SMILES string of the molecule is CCC(CCCCCCCC(CN)=NO)=NO. The van der Waals surface area contributed by atoms with E-state index in [0.717, 1.165) is 57.1 Å². The summed E-state index contributed by atoms with van der Waals surface area (Å²) in [5.74, 6) is 0. The highest BCUT2D eigenvalue weighted by atomic mass is 16.4. The molecule has 0 atom stereocenters. The van der Waals surface area contributed by atoms with Crippen LogP contribution in [-0.2, 0) is 0 Å². The molecule has 0 saturated heterocycles. The van der Waals surface area contributed by atoms with E-state index in [2.05, 4.69) is 10.3 Å². The van der Waals surface area contributed by atoms with Gasteiger partial charge in [-0.25, -0.2) is 0 Å². The fraction of sp³-hybridized carbons (Fsp3) is 0.833. The Morgan fingerprint density at radius 3 is 1.76 bits per heavy atom. The second-order valence-corrected chi connectivity index (χ2v) is 4.16. The lowest BCUT2D eigenvalue weighted by atomic mass is 10.1. The molecule has 0 fully saturated rings. The van der Waals surface area contributed by atoms with E-state index in [9.17, 15) is 0 Å². The van der Waals surface area contributed by atoms with Gasteiger partial charge in [0.2, 0.25) is 0 Å². The summed E-state index contributed by atoms with van der Waals surface area (Å²) in [4.78, 5) is 0. The summed E-state index contributed by atoms with van der Waals surface area (Å²) in [6.07, 6.45) is 8.01. The molecule has 0 aliphatic rings. The number of hydrogen-bond acceptors (Lipinski definition) is 5. The first-order chi connectivity index (χ1) is 8.28. The molecule has 17 heavy (non-hydrogen) atoms. The summed E-state index contributed by atoms with van der Waals surface area (Å²) in [6, 6.07) is 0. The highest BCUT2D eigenvalue weighted by molar-refractivity contribution is 5.85. The first kappa shape index (κ1) is 15.9. The van der Waals surface area contributed by atoms with Gasteiger partial charge in [-0.05, 0) is 32.1 Å². The third-order valence-electron chi connectivity index (χ3n) is 2.86. The van der Waals surface area contributed by atoms with Gasteiger partial charge >= 0.3 is 0 Å². The molecule has 5 nitrogen and oxygen atoms in total. The zero-order valence-electron chi connectivity index (χ0n) is 10.7. The summed E-state index contributed by atoms with van der Waals surface area (Å²) in [5.41, 5.74) is 6.93. The highest BCUT2D eigenvalue weighted by Crippen LogP contribution is 2.09. The lowest BCUT2D eigenvalue weighted by Crippen LogP contribution is -2.13. The summed E-state index contributed by atoms with van der Waals surface area (Å²) in [6.45, 7) is 2.33. The molecule has 0 bridgehead atoms. The summed E-state index contributed by atoms with van der Waals surface area (Å²) in [7, 11) is 0. The molecule has 0 spiro atoms. The standard InChI is InChI=1S/C12H25N3O2/c1-2-11(14-16)8-6-4-3-5-7-9-12(10-13)15-17/h16-17H,2-10,13H2,1H3. The molecule has 0 rings (SSSR count). The van der Waals surface area contributed by atoms with Crippen LogP contribution in [0, 0.1) is 0 Å². The number of nitrogens with zero attached hydrogens (tertiary/aromatic N) is 2. The molecule has 0 aliphatic carbocycles. The molecule has 0 aromatic heterocycles. The molecule has 5 heteroatoms. The number of hydrogen-bond donors (Lipinski definition) is 3. The van der Waals surface area contributed by atoms with Crippen molar-refractivity contribution >= 4 is 11.4 Å². The number of unbranched alkanes of at least 4 members (excludes halogenated alkanes) is 4. The van der Waals surface area contributed by atoms with Crippen molar-refractivity contribution in [2.45, 2.75) is 58.3 Å². The fourth-order valence-electron chi connectivity index (χ4n) is 1.68. The monoisotopic (exact) mass is 243 g/mol. The second-order valence-electron chi connectivity index (χ2n) is 4.16. The van der Waals surface area contributed by atoms with Gasteiger partial charge < -0.3 is 16.1 Å². The van der Waals surface area contributed by atoms with E-state index in [1.807, 2.05) is 6.92 Å². The Labute approximate surface area is 103 Å². The minimum absolute atomic E-state index is 0.337. The van der Waals surface area contributed by atoms with Gasteiger partial charge in [-0.2, -0.15) is 0 Å². The van der Waals surface area contributed by atoms with E-state index < -0.39 is 0 Å². The molecule has 0 unspecified atom stereocenters. The van der Waals surface area contributed by atoms with Crippen LogP contribution in [0.1, 0.15) is 58.3 Å². The van der Waals surface area contributed by atoms with Crippen LogP contribution in [0.25, 0.3) is 0 Å².